The molecule has 3 aromatic heterocycles. The number of hydrogen-bond acceptors (Lipinski definition) is 2. The van der Waals surface area contributed by atoms with Crippen molar-refractivity contribution in [1.82, 2.24) is 19.9 Å². The fraction of sp³-hybridized carbons (Fsp3) is 0.0833. The molecule has 0 radical (unpaired) electrons. The van der Waals surface area contributed by atoms with E-state index in [-0.39, 0.29) is 43.3 Å². The molecule has 328 valence electrons. The van der Waals surface area contributed by atoms with Crippen molar-refractivity contribution in [2.24, 2.45) is 0 Å². The number of aromatic nitrogens is 4. The summed E-state index contributed by atoms with van der Waals surface area (Å²) in [6, 6.07) is 31.4. The molecule has 0 amide bonds. The predicted octanol–water partition coefficient (Wildman–Crippen LogP) is 17.0. The number of alkyl halides is 9. The van der Waals surface area contributed by atoms with Crippen molar-refractivity contribution in [2.45, 2.75) is 23.1 Å². The molecule has 0 unspecified atom stereocenters. The molecule has 0 saturated heterocycles. The number of hydrogen-bond donors (Lipinski definition) is 2. The van der Waals surface area contributed by atoms with E-state index in [1.165, 1.54) is 54.6 Å². The van der Waals surface area contributed by atoms with Gasteiger partial charge in [-0.1, -0.05) is 94.9 Å². The molecular formula is C48H25Cl5F8N4. The summed E-state index contributed by atoms with van der Waals surface area (Å²) in [4.78, 5) is 16.2. The fourth-order valence-electron chi connectivity index (χ4n) is 7.74. The zero-order valence-electron chi connectivity index (χ0n) is 32.6. The molecule has 0 saturated carbocycles. The summed E-state index contributed by atoms with van der Waals surface area (Å²) in [5.74, 6) is -19.7. The number of allylic oxidation sites excluding steroid dienone is 1. The molecule has 2 N–H and O–H groups in total. The van der Waals surface area contributed by atoms with Crippen LogP contribution < -0.4 is 0 Å². The quantitative estimate of drug-likeness (QED) is 0.118. The molecule has 4 nitrogen and oxygen atoms in total. The van der Waals surface area contributed by atoms with Crippen LogP contribution in [0.2, 0.25) is 20.1 Å². The zero-order chi connectivity index (χ0) is 46.2. The van der Waals surface area contributed by atoms with Gasteiger partial charge in [0.15, 0.2) is 0 Å². The Morgan fingerprint density at radius 1 is 0.385 bits per heavy atom. The Labute approximate surface area is 388 Å². The minimum absolute atomic E-state index is 0.00802. The number of benzene rings is 4. The highest BCUT2D eigenvalue weighted by atomic mass is 35.5. The number of fused-ring (bicyclic) bond motifs is 8. The SMILES string of the molecule is FC(F)(Cl)C(F)(F)C(F)(F)C(F)(F)C1=Cc2nc1c(-c1ccc(Cl)cc1)c1ccc([nH]1)c(-c1ccc(Cl)cc1)c1nc(c(-c3ccc(Cl)cc3)c3ccc([nH]3)c2-c2ccc(Cl)cc2)C=C1. The van der Waals surface area contributed by atoms with Gasteiger partial charge in [0.1, 0.15) is 0 Å². The van der Waals surface area contributed by atoms with Gasteiger partial charge in [-0.05, 0) is 125 Å². The molecule has 8 bridgehead atoms. The fourth-order valence-corrected chi connectivity index (χ4v) is 8.37. The summed E-state index contributed by atoms with van der Waals surface area (Å²) in [5, 5.41) is -4.79. The average molecular weight is 987 g/mol. The minimum atomic E-state index is -6.81. The highest BCUT2D eigenvalue weighted by Gasteiger charge is 2.81. The Bertz CT molecular complexity index is 3250. The third-order valence-corrected chi connectivity index (χ3v) is 12.1. The number of aromatic amines is 2. The molecule has 0 fully saturated rings. The van der Waals surface area contributed by atoms with Crippen molar-refractivity contribution in [2.75, 3.05) is 0 Å². The number of nitrogens with zero attached hydrogens (tertiary/aromatic N) is 2. The van der Waals surface area contributed by atoms with Crippen molar-refractivity contribution in [3.8, 4) is 44.5 Å². The van der Waals surface area contributed by atoms with Crippen LogP contribution in [-0.4, -0.2) is 43.1 Å². The third-order valence-electron chi connectivity index (χ3n) is 10.9. The molecule has 7 aromatic rings. The molecule has 65 heavy (non-hydrogen) atoms. The van der Waals surface area contributed by atoms with Crippen LogP contribution in [0.3, 0.4) is 0 Å². The molecule has 17 heteroatoms. The van der Waals surface area contributed by atoms with E-state index in [1.807, 2.05) is 6.08 Å². The standard InChI is InChI=1S/C48H25Cl5F8N4/c49-28-9-1-24(2-10-28)40-33-17-18-34(62-33)41(25-3-11-29(50)12-4-25)36-21-22-38(64-36)43(27-7-15-31(52)16-8-27)44-32(45(54,55)46(56,57)47(58,59)48(53,60)61)23-39(65-44)42(37-20-19-35(40)63-37)26-5-13-30(51)14-6-26/h1-23,63-64H. The van der Waals surface area contributed by atoms with Gasteiger partial charge >= 0.3 is 23.1 Å². The number of rotatable bonds is 8. The lowest BCUT2D eigenvalue weighted by atomic mass is 9.91. The van der Waals surface area contributed by atoms with Gasteiger partial charge in [0, 0.05) is 64.4 Å². The lowest BCUT2D eigenvalue weighted by Crippen LogP contribution is -2.60. The van der Waals surface area contributed by atoms with E-state index in [4.69, 9.17) is 51.4 Å². The van der Waals surface area contributed by atoms with Crippen LogP contribution in [0.1, 0.15) is 22.8 Å². The maximum absolute atomic E-state index is 16.9. The van der Waals surface area contributed by atoms with Crippen LogP contribution in [0.15, 0.2) is 121 Å². The lowest BCUT2D eigenvalue weighted by molar-refractivity contribution is -0.332. The van der Waals surface area contributed by atoms with Crippen molar-refractivity contribution < 1.29 is 35.1 Å². The van der Waals surface area contributed by atoms with Crippen molar-refractivity contribution in [3.05, 3.63) is 164 Å². The van der Waals surface area contributed by atoms with Gasteiger partial charge in [-0.2, -0.15) is 35.1 Å². The van der Waals surface area contributed by atoms with Gasteiger partial charge < -0.3 is 9.97 Å². The Morgan fingerprint density at radius 3 is 1.06 bits per heavy atom. The summed E-state index contributed by atoms with van der Waals surface area (Å²) in [6.45, 7) is 0. The highest BCUT2D eigenvalue weighted by Crippen LogP contribution is 2.59. The number of halogens is 13. The van der Waals surface area contributed by atoms with E-state index >= 15 is 26.3 Å². The third kappa shape index (κ3) is 7.78. The van der Waals surface area contributed by atoms with Crippen molar-refractivity contribution in [3.63, 3.8) is 0 Å². The molecular weight excluding hydrogens is 962 g/mol. The van der Waals surface area contributed by atoms with E-state index in [9.17, 15) is 8.78 Å². The normalized spacial score (nSPS) is 13.3. The van der Waals surface area contributed by atoms with Crippen molar-refractivity contribution >= 4 is 104 Å². The second-order valence-electron chi connectivity index (χ2n) is 14.9. The maximum atomic E-state index is 16.9. The van der Waals surface area contributed by atoms with Gasteiger partial charge in [-0.25, -0.2) is 9.97 Å². The lowest BCUT2D eigenvalue weighted by Gasteiger charge is -2.35. The minimum Gasteiger partial charge on any atom is -0.354 e. The van der Waals surface area contributed by atoms with E-state index < -0.39 is 40.1 Å². The summed E-state index contributed by atoms with van der Waals surface area (Å²) in [7, 11) is 0. The Kier molecular flexibility index (Phi) is 11.2. The second-order valence-corrected chi connectivity index (χ2v) is 17.2. The first-order valence-electron chi connectivity index (χ1n) is 19.2. The summed E-state index contributed by atoms with van der Waals surface area (Å²) in [6.07, 6.45) is 4.06. The first-order valence-corrected chi connectivity index (χ1v) is 21.1. The molecule has 9 rings (SSSR count). The molecule has 0 atom stereocenters. The van der Waals surface area contributed by atoms with E-state index in [1.54, 1.807) is 72.8 Å². The summed E-state index contributed by atoms with van der Waals surface area (Å²) in [5.41, 5.74) is 0.840. The summed E-state index contributed by atoms with van der Waals surface area (Å²) >= 11 is 29.6. The van der Waals surface area contributed by atoms with E-state index in [2.05, 4.69) is 26.6 Å². The predicted molar refractivity (Wildman–Crippen MR) is 245 cm³/mol. The smallest absolute Gasteiger partial charge is 0.354 e. The van der Waals surface area contributed by atoms with Crippen LogP contribution >= 0.6 is 58.0 Å². The molecule has 0 aliphatic carbocycles. The first-order chi connectivity index (χ1) is 30.7. The van der Waals surface area contributed by atoms with Crippen LogP contribution in [0.25, 0.3) is 90.4 Å². The van der Waals surface area contributed by atoms with Gasteiger partial charge in [-0.3, -0.25) is 0 Å². The Morgan fingerprint density at radius 2 is 0.708 bits per heavy atom. The Hall–Kier alpha value is -5.63. The molecule has 2 aliphatic rings. The zero-order valence-corrected chi connectivity index (χ0v) is 36.4. The number of H-pyrrole nitrogens is 2. The van der Waals surface area contributed by atoms with Crippen LogP contribution in [0.4, 0.5) is 35.1 Å². The monoisotopic (exact) mass is 984 g/mol. The van der Waals surface area contributed by atoms with Crippen molar-refractivity contribution in [1.29, 1.82) is 0 Å². The van der Waals surface area contributed by atoms with E-state index in [0.717, 1.165) is 0 Å². The van der Waals surface area contributed by atoms with Crippen LogP contribution in [0.5, 0.6) is 0 Å². The first kappa shape index (κ1) is 44.6. The largest absolute Gasteiger partial charge is 0.393 e. The molecule has 0 spiro atoms. The molecule has 2 aliphatic heterocycles. The van der Waals surface area contributed by atoms with Crippen LogP contribution in [-0.2, 0) is 0 Å². The number of nitrogens with one attached hydrogen (secondary N) is 2. The topological polar surface area (TPSA) is 57.4 Å². The molecule has 4 aromatic carbocycles. The van der Waals surface area contributed by atoms with E-state index in [0.29, 0.717) is 60.8 Å². The van der Waals surface area contributed by atoms with Gasteiger partial charge in [0.2, 0.25) is 0 Å². The highest BCUT2D eigenvalue weighted by molar-refractivity contribution is 6.31. The Balaban J connectivity index is 1.52. The van der Waals surface area contributed by atoms with Gasteiger partial charge in [0.05, 0.1) is 28.3 Å². The second kappa shape index (κ2) is 16.4. The van der Waals surface area contributed by atoms with Gasteiger partial charge in [-0.15, -0.1) is 0 Å². The maximum Gasteiger partial charge on any atom is 0.393 e. The van der Waals surface area contributed by atoms with Gasteiger partial charge in [0.25, 0.3) is 0 Å². The average Bonchev–Trinajstić information content (AvgIpc) is 4.10. The summed E-state index contributed by atoms with van der Waals surface area (Å²) < 4.78 is 124. The molecule has 5 heterocycles. The van der Waals surface area contributed by atoms with Crippen LogP contribution in [0, 0.1) is 0 Å².